The molecule has 0 aliphatic heterocycles. The average Bonchev–Trinajstić information content (AvgIpc) is 3.00. The van der Waals surface area contributed by atoms with E-state index >= 15 is 0 Å². The second-order valence-corrected chi connectivity index (χ2v) is 16.8. The number of nitrogens with zero attached hydrogens (tertiary/aromatic N) is 2. The first-order valence-electron chi connectivity index (χ1n) is 14.2. The van der Waals surface area contributed by atoms with Gasteiger partial charge in [-0.1, -0.05) is 128 Å². The number of alkyl halides is 6. The Morgan fingerprint density at radius 1 is 0.604 bits per heavy atom. The Kier molecular flexibility index (Phi) is 13.3. The number of nitro groups is 2. The highest BCUT2D eigenvalue weighted by atomic mass is 35.6. The first kappa shape index (κ1) is 38.5. The molecule has 48 heavy (non-hydrogen) atoms. The van der Waals surface area contributed by atoms with E-state index in [1.165, 1.54) is 24.3 Å². The lowest BCUT2D eigenvalue weighted by Crippen LogP contribution is -2.12. The van der Waals surface area contributed by atoms with E-state index in [-0.39, 0.29) is 46.5 Å². The lowest BCUT2D eigenvalue weighted by atomic mass is 9.97. The molecule has 0 aliphatic carbocycles. The smallest absolute Gasteiger partial charge is 0.273 e. The summed E-state index contributed by atoms with van der Waals surface area (Å²) in [6, 6.07) is 19.8. The molecule has 0 spiro atoms. The third-order valence-electron chi connectivity index (χ3n) is 6.96. The number of hydrogen-bond acceptors (Lipinski definition) is 8. The van der Waals surface area contributed by atoms with E-state index in [9.17, 15) is 20.2 Å². The molecule has 0 amide bonds. The lowest BCUT2D eigenvalue weighted by molar-refractivity contribution is -0.385. The lowest BCUT2D eigenvalue weighted by Gasteiger charge is -2.23. The van der Waals surface area contributed by atoms with Gasteiger partial charge in [-0.05, 0) is 49.2 Å². The van der Waals surface area contributed by atoms with Gasteiger partial charge in [0, 0.05) is 57.0 Å². The van der Waals surface area contributed by atoms with E-state index in [2.05, 4.69) is 0 Å². The van der Waals surface area contributed by atoms with Crippen LogP contribution in [0.5, 0.6) is 11.5 Å². The number of ether oxygens (including phenoxy) is 2. The molecule has 4 aromatic carbocycles. The number of para-hydroxylation sites is 2. The number of nitro benzene ring substituents is 2. The van der Waals surface area contributed by atoms with Gasteiger partial charge in [0.05, 0.1) is 23.1 Å². The molecular weight excluding hydrogens is 785 g/mol. The van der Waals surface area contributed by atoms with Crippen molar-refractivity contribution >= 4 is 103 Å². The highest BCUT2D eigenvalue weighted by Gasteiger charge is 2.37. The molecule has 0 bridgehead atoms. The average molecular weight is 811 g/mol. The quantitative estimate of drug-likeness (QED) is 0.0569. The summed E-state index contributed by atoms with van der Waals surface area (Å²) < 4.78 is 7.31. The first-order chi connectivity index (χ1) is 22.7. The van der Waals surface area contributed by atoms with Gasteiger partial charge >= 0.3 is 0 Å². The van der Waals surface area contributed by atoms with Gasteiger partial charge in [-0.2, -0.15) is 0 Å². The van der Waals surface area contributed by atoms with Crippen LogP contribution in [0.25, 0.3) is 0 Å². The number of benzene rings is 4. The van der Waals surface area contributed by atoms with Gasteiger partial charge in [-0.3, -0.25) is 20.2 Å². The van der Waals surface area contributed by atoms with Crippen molar-refractivity contribution in [3.63, 3.8) is 0 Å². The van der Waals surface area contributed by atoms with Crippen LogP contribution in [0.4, 0.5) is 11.4 Å². The fraction of sp³-hybridized carbons (Fsp3) is 0.250. The number of rotatable bonds is 13. The molecule has 0 heterocycles. The van der Waals surface area contributed by atoms with Gasteiger partial charge in [0.2, 0.25) is 7.59 Å². The standard InChI is InChI=1S/C32H26Cl6N2O6S2/c1-3-45-25-11-7-5-9-19(25)17-21-23(39(41)42)13-15-27(29(21)31(33,34)35)47-48-28-16-14-24(40(43)44)22(30(28)32(36,37)38)18-20-10-6-8-12-26(20)46-4-2/h5-16H,3-4,17-18H2,1-2H3. The zero-order valence-corrected chi connectivity index (χ0v) is 31.4. The molecule has 16 heteroatoms. The molecule has 0 unspecified atom stereocenters. The van der Waals surface area contributed by atoms with Crippen LogP contribution in [0.15, 0.2) is 82.6 Å². The molecule has 0 aliphatic rings. The highest BCUT2D eigenvalue weighted by molar-refractivity contribution is 8.76. The predicted octanol–water partition coefficient (Wildman–Crippen LogP) is 11.9. The predicted molar refractivity (Wildman–Crippen MR) is 197 cm³/mol. The van der Waals surface area contributed by atoms with Gasteiger partial charge in [0.15, 0.2) is 0 Å². The number of hydrogen-bond donors (Lipinski definition) is 0. The molecule has 0 saturated heterocycles. The molecule has 8 nitrogen and oxygen atoms in total. The molecule has 4 aromatic rings. The van der Waals surface area contributed by atoms with E-state index in [0.717, 1.165) is 21.6 Å². The molecule has 4 rings (SSSR count). The van der Waals surface area contributed by atoms with E-state index in [4.69, 9.17) is 79.1 Å². The molecule has 254 valence electrons. The maximum absolute atomic E-state index is 12.2. The topological polar surface area (TPSA) is 105 Å². The van der Waals surface area contributed by atoms with E-state index in [1.807, 2.05) is 13.8 Å². The summed E-state index contributed by atoms with van der Waals surface area (Å²) in [5.74, 6) is 1.07. The second-order valence-electron chi connectivity index (χ2n) is 9.98. The van der Waals surface area contributed by atoms with Gasteiger partial charge in [0.1, 0.15) is 11.5 Å². The van der Waals surface area contributed by atoms with E-state index < -0.39 is 17.4 Å². The summed E-state index contributed by atoms with van der Waals surface area (Å²) in [7, 11) is 2.19. The van der Waals surface area contributed by atoms with Crippen LogP contribution < -0.4 is 9.47 Å². The number of halogens is 6. The monoisotopic (exact) mass is 808 g/mol. The minimum absolute atomic E-state index is 0.0229. The van der Waals surface area contributed by atoms with E-state index in [1.54, 1.807) is 48.5 Å². The largest absolute Gasteiger partial charge is 0.494 e. The minimum atomic E-state index is -2.09. The van der Waals surface area contributed by atoms with Gasteiger partial charge in [-0.15, -0.1) is 0 Å². The van der Waals surface area contributed by atoms with Crippen molar-refractivity contribution in [2.75, 3.05) is 13.2 Å². The molecule has 0 saturated carbocycles. The molecule has 0 atom stereocenters. The third-order valence-corrected chi connectivity index (χ3v) is 10.5. The summed E-state index contributed by atoms with van der Waals surface area (Å²) in [4.78, 5) is 24.1. The minimum Gasteiger partial charge on any atom is -0.494 e. The van der Waals surface area contributed by atoms with Crippen LogP contribution in [-0.4, -0.2) is 23.1 Å². The van der Waals surface area contributed by atoms with Crippen LogP contribution in [0.3, 0.4) is 0 Å². The van der Waals surface area contributed by atoms with Crippen molar-refractivity contribution in [1.82, 2.24) is 0 Å². The highest BCUT2D eigenvalue weighted by Crippen LogP contribution is 2.54. The normalized spacial score (nSPS) is 11.8. The Labute approximate surface area is 315 Å². The SMILES string of the molecule is CCOc1ccccc1Cc1c([N+](=O)[O-])ccc(SSc2ccc([N+](=O)[O-])c(Cc3ccccc3OCC)c2C(Cl)(Cl)Cl)c1C(Cl)(Cl)Cl. The maximum atomic E-state index is 12.2. The maximum Gasteiger partial charge on any atom is 0.273 e. The van der Waals surface area contributed by atoms with Crippen molar-refractivity contribution in [2.24, 2.45) is 0 Å². The van der Waals surface area contributed by atoms with Crippen LogP contribution in [0.1, 0.15) is 47.2 Å². The summed E-state index contributed by atoms with van der Waals surface area (Å²) in [6.07, 6.45) is 0.0459. The Morgan fingerprint density at radius 2 is 0.958 bits per heavy atom. The van der Waals surface area contributed by atoms with Crippen molar-refractivity contribution in [1.29, 1.82) is 0 Å². The van der Waals surface area contributed by atoms with Crippen molar-refractivity contribution in [2.45, 2.75) is 44.1 Å². The summed E-state index contributed by atoms with van der Waals surface area (Å²) in [5, 5.41) is 24.4. The van der Waals surface area contributed by atoms with Crippen LogP contribution in [0, 0.1) is 20.2 Å². The Hall–Kier alpha value is -2.28. The zero-order valence-electron chi connectivity index (χ0n) is 25.2. The Bertz CT molecular complexity index is 1690. The van der Waals surface area contributed by atoms with Gasteiger partial charge in [-0.25, -0.2) is 0 Å². The van der Waals surface area contributed by atoms with Crippen molar-refractivity contribution in [3.8, 4) is 11.5 Å². The molecule has 0 N–H and O–H groups in total. The van der Waals surface area contributed by atoms with Gasteiger partial charge in [0.25, 0.3) is 11.4 Å². The Balaban J connectivity index is 1.85. The molecule has 0 fully saturated rings. The summed E-state index contributed by atoms with van der Waals surface area (Å²) in [5.41, 5.74) is 1.35. The Morgan fingerprint density at radius 3 is 1.27 bits per heavy atom. The van der Waals surface area contributed by atoms with Gasteiger partial charge < -0.3 is 9.47 Å². The molecule has 0 aromatic heterocycles. The summed E-state index contributed by atoms with van der Waals surface area (Å²) >= 11 is 39.1. The molecular formula is C32H26Cl6N2O6S2. The fourth-order valence-corrected chi connectivity index (χ4v) is 9.20. The van der Waals surface area contributed by atoms with Crippen molar-refractivity contribution in [3.05, 3.63) is 126 Å². The first-order valence-corrected chi connectivity index (χ1v) is 18.6. The van der Waals surface area contributed by atoms with E-state index in [0.29, 0.717) is 45.6 Å². The molecule has 0 radical (unpaired) electrons. The fourth-order valence-electron chi connectivity index (χ4n) is 5.05. The zero-order chi connectivity index (χ0) is 35.2. The van der Waals surface area contributed by atoms with Crippen LogP contribution in [0.2, 0.25) is 0 Å². The third kappa shape index (κ3) is 9.28. The summed E-state index contributed by atoms with van der Waals surface area (Å²) in [6.45, 7) is 4.41. The van der Waals surface area contributed by atoms with Crippen LogP contribution >= 0.6 is 91.2 Å². The van der Waals surface area contributed by atoms with Crippen molar-refractivity contribution < 1.29 is 19.3 Å². The van der Waals surface area contributed by atoms with Crippen LogP contribution in [-0.2, 0) is 20.4 Å². The second kappa shape index (κ2) is 16.6.